The molecular weight excluding hydrogens is 315 g/mol. The standard InChI is InChI=1S/C18H26Cl2N2/c19-17-7-6-15(10-18(17)20)13-22(16-8-9-21-11-16)12-14-4-2-1-3-5-14/h6-7,10,14,16,21H,1-5,8-9,11-13H2. The molecular formula is C18H26Cl2N2. The zero-order valence-electron chi connectivity index (χ0n) is 13.2. The smallest absolute Gasteiger partial charge is 0.0595 e. The number of hydrogen-bond acceptors (Lipinski definition) is 2. The van der Waals surface area contributed by atoms with Crippen LogP contribution in [0, 0.1) is 5.92 Å². The van der Waals surface area contributed by atoms with Crippen molar-refractivity contribution in [3.63, 3.8) is 0 Å². The van der Waals surface area contributed by atoms with E-state index in [1.165, 1.54) is 50.6 Å². The molecule has 0 radical (unpaired) electrons. The van der Waals surface area contributed by atoms with Crippen molar-refractivity contribution in [3.05, 3.63) is 33.8 Å². The summed E-state index contributed by atoms with van der Waals surface area (Å²) in [5.74, 6) is 0.872. The summed E-state index contributed by atoms with van der Waals surface area (Å²) in [4.78, 5) is 2.68. The number of halogens is 2. The summed E-state index contributed by atoms with van der Waals surface area (Å²) in [6.45, 7) is 4.48. The van der Waals surface area contributed by atoms with Gasteiger partial charge in [0.1, 0.15) is 0 Å². The second kappa shape index (κ2) is 8.01. The van der Waals surface area contributed by atoms with Crippen LogP contribution in [0.15, 0.2) is 18.2 Å². The van der Waals surface area contributed by atoms with Crippen molar-refractivity contribution in [1.29, 1.82) is 0 Å². The van der Waals surface area contributed by atoms with E-state index in [0.717, 1.165) is 25.6 Å². The Morgan fingerprint density at radius 1 is 1.05 bits per heavy atom. The topological polar surface area (TPSA) is 15.3 Å². The lowest BCUT2D eigenvalue weighted by atomic mass is 9.88. The predicted octanol–water partition coefficient (Wildman–Crippen LogP) is 4.74. The van der Waals surface area contributed by atoms with Crippen molar-refractivity contribution in [2.24, 2.45) is 5.92 Å². The normalized spacial score (nSPS) is 23.3. The number of nitrogens with zero attached hydrogens (tertiary/aromatic N) is 1. The van der Waals surface area contributed by atoms with Crippen molar-refractivity contribution < 1.29 is 0 Å². The van der Waals surface area contributed by atoms with E-state index in [1.54, 1.807) is 0 Å². The van der Waals surface area contributed by atoms with Gasteiger partial charge in [-0.1, -0.05) is 48.5 Å². The lowest BCUT2D eigenvalue weighted by molar-refractivity contribution is 0.149. The third-order valence-electron chi connectivity index (χ3n) is 5.14. The molecule has 1 aliphatic carbocycles. The zero-order valence-corrected chi connectivity index (χ0v) is 14.7. The number of hydrogen-bond donors (Lipinski definition) is 1. The highest BCUT2D eigenvalue weighted by Crippen LogP contribution is 2.28. The van der Waals surface area contributed by atoms with Gasteiger partial charge in [0, 0.05) is 25.7 Å². The molecule has 3 rings (SSSR count). The van der Waals surface area contributed by atoms with E-state index in [-0.39, 0.29) is 0 Å². The van der Waals surface area contributed by atoms with E-state index in [0.29, 0.717) is 16.1 Å². The fraction of sp³-hybridized carbons (Fsp3) is 0.667. The maximum atomic E-state index is 6.19. The van der Waals surface area contributed by atoms with Gasteiger partial charge in [0.15, 0.2) is 0 Å². The molecule has 1 atom stereocenters. The molecule has 2 nitrogen and oxygen atoms in total. The highest BCUT2D eigenvalue weighted by molar-refractivity contribution is 6.42. The third-order valence-corrected chi connectivity index (χ3v) is 5.88. The van der Waals surface area contributed by atoms with E-state index in [4.69, 9.17) is 23.2 Å². The van der Waals surface area contributed by atoms with Gasteiger partial charge >= 0.3 is 0 Å². The van der Waals surface area contributed by atoms with Crippen LogP contribution in [0.5, 0.6) is 0 Å². The van der Waals surface area contributed by atoms with Gasteiger partial charge in [-0.3, -0.25) is 4.90 Å². The van der Waals surface area contributed by atoms with Crippen molar-refractivity contribution >= 4 is 23.2 Å². The summed E-state index contributed by atoms with van der Waals surface area (Å²) in [6.07, 6.45) is 8.31. The first kappa shape index (κ1) is 16.6. The molecule has 122 valence electrons. The van der Waals surface area contributed by atoms with Crippen molar-refractivity contribution in [2.75, 3.05) is 19.6 Å². The van der Waals surface area contributed by atoms with E-state index >= 15 is 0 Å². The van der Waals surface area contributed by atoms with Crippen LogP contribution in [0.4, 0.5) is 0 Å². The maximum Gasteiger partial charge on any atom is 0.0595 e. The Hall–Kier alpha value is -0.280. The number of rotatable bonds is 5. The second-order valence-corrected chi connectivity index (χ2v) is 7.64. The molecule has 22 heavy (non-hydrogen) atoms. The summed E-state index contributed by atoms with van der Waals surface area (Å²) in [5.41, 5.74) is 1.28. The minimum Gasteiger partial charge on any atom is -0.315 e. The molecule has 1 aromatic carbocycles. The number of nitrogens with one attached hydrogen (secondary N) is 1. The lowest BCUT2D eigenvalue weighted by Gasteiger charge is -2.33. The molecule has 0 aromatic heterocycles. The van der Waals surface area contributed by atoms with Gasteiger partial charge in [-0.05, 0) is 49.4 Å². The van der Waals surface area contributed by atoms with Crippen molar-refractivity contribution in [2.45, 2.75) is 51.1 Å². The summed E-state index contributed by atoms with van der Waals surface area (Å²) in [5, 5.41) is 4.82. The van der Waals surface area contributed by atoms with Gasteiger partial charge in [-0.2, -0.15) is 0 Å². The van der Waals surface area contributed by atoms with E-state index in [1.807, 2.05) is 12.1 Å². The van der Waals surface area contributed by atoms with Crippen LogP contribution in [0.3, 0.4) is 0 Å². The molecule has 1 saturated heterocycles. The number of benzene rings is 1. The molecule has 0 bridgehead atoms. The first-order valence-electron chi connectivity index (χ1n) is 8.61. The summed E-state index contributed by atoms with van der Waals surface area (Å²) in [6, 6.07) is 6.73. The van der Waals surface area contributed by atoms with Crippen LogP contribution in [-0.4, -0.2) is 30.6 Å². The van der Waals surface area contributed by atoms with Crippen LogP contribution >= 0.6 is 23.2 Å². The molecule has 2 aliphatic rings. The van der Waals surface area contributed by atoms with Crippen molar-refractivity contribution in [3.8, 4) is 0 Å². The molecule has 1 N–H and O–H groups in total. The van der Waals surface area contributed by atoms with Gasteiger partial charge in [-0.25, -0.2) is 0 Å². The van der Waals surface area contributed by atoms with E-state index in [2.05, 4.69) is 16.3 Å². The first-order chi connectivity index (χ1) is 10.7. The Balaban J connectivity index is 1.68. The average Bonchev–Trinajstić information content (AvgIpc) is 3.06. The lowest BCUT2D eigenvalue weighted by Crippen LogP contribution is -2.40. The zero-order chi connectivity index (χ0) is 15.4. The fourth-order valence-electron chi connectivity index (χ4n) is 3.87. The third kappa shape index (κ3) is 4.38. The summed E-state index contributed by atoms with van der Waals surface area (Å²) >= 11 is 12.2. The molecule has 1 heterocycles. The van der Waals surface area contributed by atoms with Crippen LogP contribution in [0.2, 0.25) is 10.0 Å². The van der Waals surface area contributed by atoms with Gasteiger partial charge in [0.05, 0.1) is 10.0 Å². The van der Waals surface area contributed by atoms with E-state index < -0.39 is 0 Å². The van der Waals surface area contributed by atoms with Crippen LogP contribution in [0.25, 0.3) is 0 Å². The van der Waals surface area contributed by atoms with Gasteiger partial charge in [0.2, 0.25) is 0 Å². The Labute approximate surface area is 144 Å². The Bertz CT molecular complexity index is 480. The first-order valence-corrected chi connectivity index (χ1v) is 9.36. The molecule has 0 spiro atoms. The Morgan fingerprint density at radius 2 is 1.86 bits per heavy atom. The molecule has 4 heteroatoms. The molecule has 1 saturated carbocycles. The summed E-state index contributed by atoms with van der Waals surface area (Å²) < 4.78 is 0. The highest BCUT2D eigenvalue weighted by atomic mass is 35.5. The quantitative estimate of drug-likeness (QED) is 0.832. The van der Waals surface area contributed by atoms with Crippen LogP contribution in [-0.2, 0) is 6.54 Å². The minimum absolute atomic E-state index is 0.645. The Kier molecular flexibility index (Phi) is 6.03. The molecule has 2 fully saturated rings. The SMILES string of the molecule is Clc1ccc(CN(CC2CCCCC2)C2CCNC2)cc1Cl. The van der Waals surface area contributed by atoms with Gasteiger partial charge in [-0.15, -0.1) is 0 Å². The van der Waals surface area contributed by atoms with Crippen molar-refractivity contribution in [1.82, 2.24) is 10.2 Å². The molecule has 1 aliphatic heterocycles. The van der Waals surface area contributed by atoms with Gasteiger partial charge < -0.3 is 5.32 Å². The maximum absolute atomic E-state index is 6.19. The molecule has 1 aromatic rings. The minimum atomic E-state index is 0.645. The predicted molar refractivity (Wildman–Crippen MR) is 94.7 cm³/mol. The largest absolute Gasteiger partial charge is 0.315 e. The average molecular weight is 341 g/mol. The molecule has 1 unspecified atom stereocenters. The fourth-order valence-corrected chi connectivity index (χ4v) is 4.19. The van der Waals surface area contributed by atoms with Crippen LogP contribution < -0.4 is 5.32 Å². The summed E-state index contributed by atoms with van der Waals surface area (Å²) in [7, 11) is 0. The van der Waals surface area contributed by atoms with E-state index in [9.17, 15) is 0 Å². The van der Waals surface area contributed by atoms with Gasteiger partial charge in [0.25, 0.3) is 0 Å². The Morgan fingerprint density at radius 3 is 2.55 bits per heavy atom. The highest BCUT2D eigenvalue weighted by Gasteiger charge is 2.25. The molecule has 0 amide bonds. The monoisotopic (exact) mass is 340 g/mol. The van der Waals surface area contributed by atoms with Crippen LogP contribution in [0.1, 0.15) is 44.1 Å². The second-order valence-electron chi connectivity index (χ2n) is 6.83.